The molecule has 0 unspecified atom stereocenters. The van der Waals surface area contributed by atoms with Crippen LogP contribution in [0.1, 0.15) is 19.8 Å². The monoisotopic (exact) mass is 150 g/mol. The lowest BCUT2D eigenvalue weighted by Crippen LogP contribution is -1.96. The Morgan fingerprint density at radius 3 is 3.18 bits per heavy atom. The van der Waals surface area contributed by atoms with E-state index in [2.05, 4.69) is 19.6 Å². The molecule has 0 N–H and O–H groups in total. The highest BCUT2D eigenvalue weighted by Gasteiger charge is 2.03. The first-order valence-corrected chi connectivity index (χ1v) is 3.94. The topological polar surface area (TPSA) is 9.23 Å². The Kier molecular flexibility index (Phi) is 2.96. The Balaban J connectivity index is 2.53. The van der Waals surface area contributed by atoms with Crippen LogP contribution in [0.4, 0.5) is 0 Å². The SMILES string of the molecule is C=CCOC1=C(C)CCC=C1. The fourth-order valence-corrected chi connectivity index (χ4v) is 1.08. The molecule has 0 heterocycles. The molecule has 0 atom stereocenters. The molecule has 1 heteroatoms. The van der Waals surface area contributed by atoms with Gasteiger partial charge in [0.05, 0.1) is 0 Å². The van der Waals surface area contributed by atoms with Crippen LogP contribution in [0.3, 0.4) is 0 Å². The van der Waals surface area contributed by atoms with Crippen molar-refractivity contribution in [1.29, 1.82) is 0 Å². The van der Waals surface area contributed by atoms with E-state index in [4.69, 9.17) is 4.74 Å². The van der Waals surface area contributed by atoms with Gasteiger partial charge in [-0.3, -0.25) is 0 Å². The van der Waals surface area contributed by atoms with Crippen LogP contribution in [0.25, 0.3) is 0 Å². The molecule has 0 bridgehead atoms. The Hall–Kier alpha value is -0.980. The fraction of sp³-hybridized carbons (Fsp3) is 0.400. The molecule has 0 spiro atoms. The highest BCUT2D eigenvalue weighted by Crippen LogP contribution is 2.18. The van der Waals surface area contributed by atoms with E-state index in [1.165, 1.54) is 5.57 Å². The van der Waals surface area contributed by atoms with Crippen molar-refractivity contribution in [3.8, 4) is 0 Å². The van der Waals surface area contributed by atoms with Crippen molar-refractivity contribution in [2.75, 3.05) is 6.61 Å². The van der Waals surface area contributed by atoms with E-state index < -0.39 is 0 Å². The first kappa shape index (κ1) is 8.12. The number of hydrogen-bond acceptors (Lipinski definition) is 1. The predicted molar refractivity (Wildman–Crippen MR) is 47.2 cm³/mol. The summed E-state index contributed by atoms with van der Waals surface area (Å²) in [6, 6.07) is 0. The van der Waals surface area contributed by atoms with Crippen molar-refractivity contribution in [3.63, 3.8) is 0 Å². The molecular formula is C10H14O. The van der Waals surface area contributed by atoms with E-state index in [1.54, 1.807) is 6.08 Å². The van der Waals surface area contributed by atoms with Crippen LogP contribution in [-0.2, 0) is 4.74 Å². The van der Waals surface area contributed by atoms with Gasteiger partial charge in [0.2, 0.25) is 0 Å². The van der Waals surface area contributed by atoms with Gasteiger partial charge in [-0.25, -0.2) is 0 Å². The number of rotatable bonds is 3. The molecule has 0 fully saturated rings. The summed E-state index contributed by atoms with van der Waals surface area (Å²) in [6.07, 6.45) is 8.23. The lowest BCUT2D eigenvalue weighted by atomic mass is 10.1. The van der Waals surface area contributed by atoms with Crippen LogP contribution < -0.4 is 0 Å². The smallest absolute Gasteiger partial charge is 0.118 e. The largest absolute Gasteiger partial charge is 0.490 e. The molecule has 0 amide bonds. The van der Waals surface area contributed by atoms with Crippen LogP contribution in [0, 0.1) is 0 Å². The molecule has 0 radical (unpaired) electrons. The van der Waals surface area contributed by atoms with Gasteiger partial charge in [-0.1, -0.05) is 18.7 Å². The summed E-state index contributed by atoms with van der Waals surface area (Å²) >= 11 is 0. The van der Waals surface area contributed by atoms with E-state index >= 15 is 0 Å². The van der Waals surface area contributed by atoms with Gasteiger partial charge in [-0.05, 0) is 31.4 Å². The summed E-state index contributed by atoms with van der Waals surface area (Å²) in [5.74, 6) is 1.02. The third kappa shape index (κ3) is 2.26. The molecule has 1 rings (SSSR count). The summed E-state index contributed by atoms with van der Waals surface area (Å²) in [4.78, 5) is 0. The van der Waals surface area contributed by atoms with Crippen molar-refractivity contribution < 1.29 is 4.74 Å². The van der Waals surface area contributed by atoms with Gasteiger partial charge < -0.3 is 4.74 Å². The Labute approximate surface area is 68.1 Å². The van der Waals surface area contributed by atoms with Crippen molar-refractivity contribution >= 4 is 0 Å². The van der Waals surface area contributed by atoms with E-state index in [0.717, 1.165) is 18.6 Å². The Morgan fingerprint density at radius 1 is 1.73 bits per heavy atom. The molecule has 0 aromatic rings. The molecule has 0 aliphatic heterocycles. The standard InChI is InChI=1S/C10H14O/c1-3-8-11-10-7-5-4-6-9(10)2/h3,5,7H,1,4,6,8H2,2H3. The van der Waals surface area contributed by atoms with Crippen LogP contribution in [0.15, 0.2) is 36.1 Å². The minimum absolute atomic E-state index is 0.608. The minimum atomic E-state index is 0.608. The molecule has 1 nitrogen and oxygen atoms in total. The maximum atomic E-state index is 5.42. The fourth-order valence-electron chi connectivity index (χ4n) is 1.08. The molecule has 60 valence electrons. The van der Waals surface area contributed by atoms with Gasteiger partial charge in [0.25, 0.3) is 0 Å². The maximum absolute atomic E-state index is 5.42. The van der Waals surface area contributed by atoms with Crippen molar-refractivity contribution in [2.24, 2.45) is 0 Å². The number of hydrogen-bond donors (Lipinski definition) is 0. The Bertz CT molecular complexity index is 199. The van der Waals surface area contributed by atoms with E-state index in [9.17, 15) is 0 Å². The first-order chi connectivity index (χ1) is 5.34. The van der Waals surface area contributed by atoms with Gasteiger partial charge in [-0.2, -0.15) is 0 Å². The van der Waals surface area contributed by atoms with E-state index in [-0.39, 0.29) is 0 Å². The highest BCUT2D eigenvalue weighted by atomic mass is 16.5. The van der Waals surface area contributed by atoms with Gasteiger partial charge >= 0.3 is 0 Å². The normalized spacial score (nSPS) is 16.8. The van der Waals surface area contributed by atoms with Gasteiger partial charge in [-0.15, -0.1) is 0 Å². The summed E-state index contributed by atoms with van der Waals surface area (Å²) < 4.78 is 5.42. The summed E-state index contributed by atoms with van der Waals surface area (Å²) in [5.41, 5.74) is 1.34. The molecule has 0 aromatic carbocycles. The maximum Gasteiger partial charge on any atom is 0.118 e. The molecule has 0 saturated carbocycles. The second-order valence-electron chi connectivity index (χ2n) is 2.69. The van der Waals surface area contributed by atoms with Crippen molar-refractivity contribution in [3.05, 3.63) is 36.1 Å². The summed E-state index contributed by atoms with van der Waals surface area (Å²) in [7, 11) is 0. The lowest BCUT2D eigenvalue weighted by Gasteiger charge is -2.12. The quantitative estimate of drug-likeness (QED) is 0.562. The van der Waals surface area contributed by atoms with E-state index in [0.29, 0.717) is 6.61 Å². The average molecular weight is 150 g/mol. The Morgan fingerprint density at radius 2 is 2.55 bits per heavy atom. The number of allylic oxidation sites excluding steroid dienone is 3. The molecule has 1 aliphatic rings. The molecule has 1 aliphatic carbocycles. The molecule has 11 heavy (non-hydrogen) atoms. The van der Waals surface area contributed by atoms with Crippen LogP contribution in [-0.4, -0.2) is 6.61 Å². The molecule has 0 saturated heterocycles. The zero-order valence-corrected chi connectivity index (χ0v) is 6.97. The van der Waals surface area contributed by atoms with Gasteiger partial charge in [0.15, 0.2) is 0 Å². The molecular weight excluding hydrogens is 136 g/mol. The third-order valence-electron chi connectivity index (χ3n) is 1.73. The second-order valence-corrected chi connectivity index (χ2v) is 2.69. The van der Waals surface area contributed by atoms with Crippen LogP contribution in [0.5, 0.6) is 0 Å². The second kappa shape index (κ2) is 4.02. The predicted octanol–water partition coefficient (Wildman–Crippen LogP) is 2.81. The zero-order chi connectivity index (χ0) is 8.10. The zero-order valence-electron chi connectivity index (χ0n) is 6.97. The first-order valence-electron chi connectivity index (χ1n) is 3.94. The average Bonchev–Trinajstić information content (AvgIpc) is 2.03. The summed E-state index contributed by atoms with van der Waals surface area (Å²) in [6.45, 7) is 6.32. The van der Waals surface area contributed by atoms with Crippen LogP contribution in [0.2, 0.25) is 0 Å². The van der Waals surface area contributed by atoms with Crippen LogP contribution >= 0.6 is 0 Å². The summed E-state index contributed by atoms with van der Waals surface area (Å²) in [5, 5.41) is 0. The number of ether oxygens (including phenoxy) is 1. The lowest BCUT2D eigenvalue weighted by molar-refractivity contribution is 0.255. The highest BCUT2D eigenvalue weighted by molar-refractivity contribution is 5.23. The van der Waals surface area contributed by atoms with Gasteiger partial charge in [0, 0.05) is 0 Å². The third-order valence-corrected chi connectivity index (χ3v) is 1.73. The van der Waals surface area contributed by atoms with Crippen molar-refractivity contribution in [1.82, 2.24) is 0 Å². The van der Waals surface area contributed by atoms with E-state index in [1.807, 2.05) is 6.08 Å². The minimum Gasteiger partial charge on any atom is -0.490 e. The van der Waals surface area contributed by atoms with Gasteiger partial charge in [0.1, 0.15) is 12.4 Å². The van der Waals surface area contributed by atoms with Crippen molar-refractivity contribution in [2.45, 2.75) is 19.8 Å². The molecule has 0 aromatic heterocycles.